The zero-order chi connectivity index (χ0) is 18.8. The highest BCUT2D eigenvalue weighted by molar-refractivity contribution is 5.86. The standard InChI is InChI=1S/C20H17N3O4/c1-24-13-8-9-16-12(10-13)11-15(19(21-16)26-3)18-22-20(27-23-18)14-6-4-5-7-17(14)25-2/h4-11H,1-3H3. The third kappa shape index (κ3) is 3.03. The number of fused-ring (bicyclic) bond motifs is 1. The highest BCUT2D eigenvalue weighted by Crippen LogP contribution is 2.34. The van der Waals surface area contributed by atoms with Crippen molar-refractivity contribution in [3.05, 3.63) is 48.5 Å². The summed E-state index contributed by atoms with van der Waals surface area (Å²) in [6.07, 6.45) is 0. The van der Waals surface area contributed by atoms with E-state index in [4.69, 9.17) is 18.7 Å². The third-order valence-electron chi connectivity index (χ3n) is 4.18. The Hall–Kier alpha value is -3.61. The zero-order valence-corrected chi connectivity index (χ0v) is 15.1. The monoisotopic (exact) mass is 363 g/mol. The Labute approximate surface area is 155 Å². The van der Waals surface area contributed by atoms with Crippen molar-refractivity contribution in [2.24, 2.45) is 0 Å². The van der Waals surface area contributed by atoms with Gasteiger partial charge < -0.3 is 18.7 Å². The molecule has 2 aromatic heterocycles. The van der Waals surface area contributed by atoms with Crippen LogP contribution in [0.5, 0.6) is 17.4 Å². The third-order valence-corrected chi connectivity index (χ3v) is 4.18. The van der Waals surface area contributed by atoms with Gasteiger partial charge in [0.15, 0.2) is 0 Å². The molecule has 0 amide bonds. The van der Waals surface area contributed by atoms with Crippen LogP contribution in [0.25, 0.3) is 33.7 Å². The van der Waals surface area contributed by atoms with Gasteiger partial charge in [-0.05, 0) is 36.4 Å². The van der Waals surface area contributed by atoms with Crippen LogP contribution < -0.4 is 14.2 Å². The molecular weight excluding hydrogens is 346 g/mol. The summed E-state index contributed by atoms with van der Waals surface area (Å²) in [6.45, 7) is 0. The predicted molar refractivity (Wildman–Crippen MR) is 100 cm³/mol. The first-order valence-corrected chi connectivity index (χ1v) is 8.23. The molecule has 136 valence electrons. The fourth-order valence-corrected chi connectivity index (χ4v) is 2.84. The Balaban J connectivity index is 1.83. The van der Waals surface area contributed by atoms with E-state index in [1.807, 2.05) is 48.5 Å². The van der Waals surface area contributed by atoms with Crippen LogP contribution in [0.4, 0.5) is 0 Å². The van der Waals surface area contributed by atoms with Gasteiger partial charge in [0, 0.05) is 5.39 Å². The summed E-state index contributed by atoms with van der Waals surface area (Å²) in [4.78, 5) is 9.05. The molecule has 0 N–H and O–H groups in total. The molecule has 0 saturated carbocycles. The lowest BCUT2D eigenvalue weighted by molar-refractivity contribution is 0.398. The number of nitrogens with zero attached hydrogens (tertiary/aromatic N) is 3. The second kappa shape index (κ2) is 6.95. The van der Waals surface area contributed by atoms with Gasteiger partial charge in [0.2, 0.25) is 11.7 Å². The number of methoxy groups -OCH3 is 3. The maximum atomic E-state index is 5.45. The minimum absolute atomic E-state index is 0.357. The van der Waals surface area contributed by atoms with Gasteiger partial charge in [0.1, 0.15) is 11.5 Å². The van der Waals surface area contributed by atoms with E-state index in [9.17, 15) is 0 Å². The molecule has 0 atom stereocenters. The Morgan fingerprint density at radius 2 is 1.67 bits per heavy atom. The van der Waals surface area contributed by atoms with Crippen LogP contribution in [0.2, 0.25) is 0 Å². The number of para-hydroxylation sites is 1. The van der Waals surface area contributed by atoms with Crippen molar-refractivity contribution >= 4 is 10.9 Å². The van der Waals surface area contributed by atoms with Gasteiger partial charge in [0.05, 0.1) is 38.0 Å². The molecule has 4 rings (SSSR count). The molecule has 0 bridgehead atoms. The molecule has 0 aliphatic carbocycles. The number of hydrogen-bond donors (Lipinski definition) is 0. The van der Waals surface area contributed by atoms with Crippen LogP contribution in [-0.2, 0) is 0 Å². The molecule has 0 fully saturated rings. The van der Waals surface area contributed by atoms with E-state index in [-0.39, 0.29) is 0 Å². The lowest BCUT2D eigenvalue weighted by Gasteiger charge is -2.07. The summed E-state index contributed by atoms with van der Waals surface area (Å²) in [6, 6.07) is 15.0. The van der Waals surface area contributed by atoms with Crippen LogP contribution >= 0.6 is 0 Å². The van der Waals surface area contributed by atoms with Crippen LogP contribution in [0.3, 0.4) is 0 Å². The van der Waals surface area contributed by atoms with Gasteiger partial charge in [-0.1, -0.05) is 17.3 Å². The van der Waals surface area contributed by atoms with Crippen molar-refractivity contribution in [1.29, 1.82) is 0 Å². The Morgan fingerprint density at radius 1 is 0.815 bits per heavy atom. The molecule has 0 aliphatic rings. The zero-order valence-electron chi connectivity index (χ0n) is 15.1. The molecule has 0 spiro atoms. The summed E-state index contributed by atoms with van der Waals surface area (Å²) in [7, 11) is 4.78. The normalized spacial score (nSPS) is 10.8. The summed E-state index contributed by atoms with van der Waals surface area (Å²) >= 11 is 0. The van der Waals surface area contributed by atoms with Gasteiger partial charge in [-0.25, -0.2) is 4.98 Å². The van der Waals surface area contributed by atoms with E-state index in [1.54, 1.807) is 21.3 Å². The molecular formula is C20H17N3O4. The van der Waals surface area contributed by atoms with Crippen LogP contribution in [0.15, 0.2) is 53.1 Å². The van der Waals surface area contributed by atoms with Crippen LogP contribution in [-0.4, -0.2) is 36.5 Å². The Bertz CT molecular complexity index is 1110. The largest absolute Gasteiger partial charge is 0.497 e. The first kappa shape index (κ1) is 16.8. The number of rotatable bonds is 5. The van der Waals surface area contributed by atoms with Crippen molar-refractivity contribution in [1.82, 2.24) is 15.1 Å². The van der Waals surface area contributed by atoms with Crippen molar-refractivity contribution in [2.45, 2.75) is 0 Å². The molecule has 0 aliphatic heterocycles. The van der Waals surface area contributed by atoms with Crippen molar-refractivity contribution < 1.29 is 18.7 Å². The topological polar surface area (TPSA) is 79.5 Å². The lowest BCUT2D eigenvalue weighted by atomic mass is 10.1. The van der Waals surface area contributed by atoms with E-state index in [0.717, 1.165) is 16.7 Å². The maximum absolute atomic E-state index is 5.45. The van der Waals surface area contributed by atoms with Gasteiger partial charge >= 0.3 is 0 Å². The number of aromatic nitrogens is 3. The number of hydrogen-bond acceptors (Lipinski definition) is 7. The lowest BCUT2D eigenvalue weighted by Crippen LogP contribution is -1.94. The molecule has 7 heteroatoms. The average Bonchev–Trinajstić information content (AvgIpc) is 3.22. The average molecular weight is 363 g/mol. The fourth-order valence-electron chi connectivity index (χ4n) is 2.84. The molecule has 2 aromatic carbocycles. The van der Waals surface area contributed by atoms with E-state index >= 15 is 0 Å². The Morgan fingerprint density at radius 3 is 2.44 bits per heavy atom. The minimum atomic E-state index is 0.357. The summed E-state index contributed by atoms with van der Waals surface area (Å²) in [5.41, 5.74) is 2.13. The van der Waals surface area contributed by atoms with E-state index in [2.05, 4.69) is 15.1 Å². The second-order valence-electron chi connectivity index (χ2n) is 5.73. The van der Waals surface area contributed by atoms with Crippen LogP contribution in [0, 0.1) is 0 Å². The molecule has 4 aromatic rings. The minimum Gasteiger partial charge on any atom is -0.497 e. The van der Waals surface area contributed by atoms with Crippen molar-refractivity contribution in [3.8, 4) is 40.2 Å². The molecule has 0 radical (unpaired) electrons. The highest BCUT2D eigenvalue weighted by atomic mass is 16.5. The molecule has 0 unspecified atom stereocenters. The summed E-state index contributed by atoms with van der Waals surface area (Å²) < 4.78 is 21.5. The van der Waals surface area contributed by atoms with E-state index < -0.39 is 0 Å². The predicted octanol–water partition coefficient (Wildman–Crippen LogP) is 3.98. The Kier molecular flexibility index (Phi) is 4.33. The number of ether oxygens (including phenoxy) is 3. The molecule has 7 nitrogen and oxygen atoms in total. The SMILES string of the molecule is COc1ccc2nc(OC)c(-c3noc(-c4ccccc4OC)n3)cc2c1. The fraction of sp³-hybridized carbons (Fsp3) is 0.150. The second-order valence-corrected chi connectivity index (χ2v) is 5.73. The van der Waals surface area contributed by atoms with Gasteiger partial charge in [-0.2, -0.15) is 4.98 Å². The smallest absolute Gasteiger partial charge is 0.262 e. The summed E-state index contributed by atoms with van der Waals surface area (Å²) in [5.74, 6) is 2.55. The first-order valence-electron chi connectivity index (χ1n) is 8.23. The van der Waals surface area contributed by atoms with Gasteiger partial charge in [0.25, 0.3) is 5.89 Å². The number of benzene rings is 2. The highest BCUT2D eigenvalue weighted by Gasteiger charge is 2.18. The van der Waals surface area contributed by atoms with Gasteiger partial charge in [-0.15, -0.1) is 0 Å². The molecule has 27 heavy (non-hydrogen) atoms. The van der Waals surface area contributed by atoms with E-state index in [1.165, 1.54) is 0 Å². The molecule has 2 heterocycles. The van der Waals surface area contributed by atoms with Gasteiger partial charge in [-0.3, -0.25) is 0 Å². The van der Waals surface area contributed by atoms with Crippen LogP contribution in [0.1, 0.15) is 0 Å². The summed E-state index contributed by atoms with van der Waals surface area (Å²) in [5, 5.41) is 4.99. The van der Waals surface area contributed by atoms with Crippen molar-refractivity contribution in [2.75, 3.05) is 21.3 Å². The van der Waals surface area contributed by atoms with E-state index in [0.29, 0.717) is 34.5 Å². The molecule has 0 saturated heterocycles. The van der Waals surface area contributed by atoms with Crippen molar-refractivity contribution in [3.63, 3.8) is 0 Å². The number of pyridine rings is 1. The first-order chi connectivity index (χ1) is 13.2. The maximum Gasteiger partial charge on any atom is 0.262 e. The quantitative estimate of drug-likeness (QED) is 0.530.